The maximum atomic E-state index is 9.66. The largest absolute Gasteiger partial charge is 0.508 e. The Balaban J connectivity index is 1.87. The van der Waals surface area contributed by atoms with E-state index in [-0.39, 0.29) is 5.41 Å². The molecule has 2 nitrogen and oxygen atoms in total. The molecule has 154 valence electrons. The van der Waals surface area contributed by atoms with E-state index in [1.165, 1.54) is 75.3 Å². The number of aromatic hydroxyl groups is 2. The topological polar surface area (TPSA) is 40.5 Å². The van der Waals surface area contributed by atoms with E-state index < -0.39 is 0 Å². The van der Waals surface area contributed by atoms with Crippen LogP contribution in [-0.4, -0.2) is 10.2 Å². The molecule has 0 radical (unpaired) electrons. The molecule has 0 aliphatic rings. The molecular weight excluding hydrogens is 344 g/mol. The molecule has 2 aromatic carbocycles. The van der Waals surface area contributed by atoms with E-state index in [2.05, 4.69) is 13.8 Å². The van der Waals surface area contributed by atoms with Gasteiger partial charge in [0.25, 0.3) is 0 Å². The van der Waals surface area contributed by atoms with Crippen LogP contribution in [-0.2, 0) is 5.41 Å². The average molecular weight is 383 g/mol. The molecule has 0 saturated carbocycles. The molecule has 0 fully saturated rings. The first-order valence-corrected chi connectivity index (χ1v) is 11.2. The maximum Gasteiger partial charge on any atom is 0.115 e. The van der Waals surface area contributed by atoms with Gasteiger partial charge < -0.3 is 10.2 Å². The van der Waals surface area contributed by atoms with E-state index in [0.717, 1.165) is 6.42 Å². The highest BCUT2D eigenvalue weighted by Crippen LogP contribution is 2.38. The first kappa shape index (κ1) is 22.3. The van der Waals surface area contributed by atoms with Gasteiger partial charge in [-0.1, -0.05) is 102 Å². The second-order valence-corrected chi connectivity index (χ2v) is 8.36. The minimum Gasteiger partial charge on any atom is -0.508 e. The molecule has 2 rings (SSSR count). The van der Waals surface area contributed by atoms with Crippen molar-refractivity contribution in [2.75, 3.05) is 0 Å². The molecule has 0 aliphatic heterocycles. The van der Waals surface area contributed by atoms with E-state index in [1.807, 2.05) is 24.3 Å². The number of phenols is 2. The van der Waals surface area contributed by atoms with Crippen LogP contribution in [0, 0.1) is 0 Å². The minimum atomic E-state index is -0.110. The van der Waals surface area contributed by atoms with Gasteiger partial charge in [-0.05, 0) is 41.8 Å². The Bertz CT molecular complexity index is 612. The van der Waals surface area contributed by atoms with E-state index in [1.54, 1.807) is 24.3 Å². The molecule has 0 amide bonds. The van der Waals surface area contributed by atoms with E-state index >= 15 is 0 Å². The normalized spacial score (nSPS) is 11.6. The standard InChI is InChI=1S/C26H38O2/c1-3-4-5-6-7-8-9-10-11-12-21-26(2,22-13-17-24(27)18-14-22)23-15-19-25(28)20-16-23/h13-20,27-28H,3-12,21H2,1-2H3. The lowest BCUT2D eigenvalue weighted by atomic mass is 9.72. The Kier molecular flexibility index (Phi) is 9.40. The van der Waals surface area contributed by atoms with Crippen molar-refractivity contribution in [1.29, 1.82) is 0 Å². The summed E-state index contributed by atoms with van der Waals surface area (Å²) in [5.41, 5.74) is 2.32. The molecule has 0 heterocycles. The van der Waals surface area contributed by atoms with E-state index in [9.17, 15) is 10.2 Å². The Morgan fingerprint density at radius 1 is 0.571 bits per heavy atom. The van der Waals surface area contributed by atoms with E-state index in [0.29, 0.717) is 11.5 Å². The van der Waals surface area contributed by atoms with Crippen molar-refractivity contribution in [3.63, 3.8) is 0 Å². The third-order valence-electron chi connectivity index (χ3n) is 6.04. The number of unbranched alkanes of at least 4 members (excludes halogenated alkanes) is 9. The molecule has 0 saturated heterocycles. The number of phenolic OH excluding ortho intramolecular Hbond substituents is 2. The van der Waals surface area contributed by atoms with Gasteiger partial charge in [-0.3, -0.25) is 0 Å². The van der Waals surface area contributed by atoms with Crippen LogP contribution < -0.4 is 0 Å². The third-order valence-corrected chi connectivity index (χ3v) is 6.04. The lowest BCUT2D eigenvalue weighted by Gasteiger charge is -2.31. The lowest BCUT2D eigenvalue weighted by Crippen LogP contribution is -2.23. The van der Waals surface area contributed by atoms with E-state index in [4.69, 9.17) is 0 Å². The Morgan fingerprint density at radius 2 is 0.929 bits per heavy atom. The number of hydrogen-bond donors (Lipinski definition) is 2. The predicted octanol–water partition coefficient (Wildman–Crippen LogP) is 7.71. The fraction of sp³-hybridized carbons (Fsp3) is 0.538. The molecule has 0 bridgehead atoms. The highest BCUT2D eigenvalue weighted by Gasteiger charge is 2.28. The summed E-state index contributed by atoms with van der Waals surface area (Å²) >= 11 is 0. The average Bonchev–Trinajstić information content (AvgIpc) is 2.70. The van der Waals surface area contributed by atoms with Crippen LogP contribution in [0.25, 0.3) is 0 Å². The molecule has 0 spiro atoms. The zero-order valence-corrected chi connectivity index (χ0v) is 17.8. The van der Waals surface area contributed by atoms with Crippen LogP contribution in [0.3, 0.4) is 0 Å². The minimum absolute atomic E-state index is 0.110. The Hall–Kier alpha value is -1.96. The SMILES string of the molecule is CCCCCCCCCCCCC(C)(c1ccc(O)cc1)c1ccc(O)cc1. The summed E-state index contributed by atoms with van der Waals surface area (Å²) in [4.78, 5) is 0. The van der Waals surface area contributed by atoms with Gasteiger partial charge in [0.1, 0.15) is 11.5 Å². The van der Waals surface area contributed by atoms with Crippen molar-refractivity contribution in [1.82, 2.24) is 0 Å². The molecule has 2 N–H and O–H groups in total. The summed E-state index contributed by atoms with van der Waals surface area (Å²) in [6.07, 6.45) is 14.4. The third kappa shape index (κ3) is 6.89. The summed E-state index contributed by atoms with van der Waals surface area (Å²) in [6.45, 7) is 4.55. The molecular formula is C26H38O2. The van der Waals surface area contributed by atoms with Crippen LogP contribution in [0.1, 0.15) is 95.6 Å². The zero-order chi connectivity index (χ0) is 20.2. The lowest BCUT2D eigenvalue weighted by molar-refractivity contribution is 0.459. The van der Waals surface area contributed by atoms with Crippen molar-refractivity contribution < 1.29 is 10.2 Å². The maximum absolute atomic E-state index is 9.66. The van der Waals surface area contributed by atoms with Crippen LogP contribution in [0.4, 0.5) is 0 Å². The van der Waals surface area contributed by atoms with Gasteiger partial charge in [-0.25, -0.2) is 0 Å². The van der Waals surface area contributed by atoms with Gasteiger partial charge in [-0.2, -0.15) is 0 Å². The second-order valence-electron chi connectivity index (χ2n) is 8.36. The Morgan fingerprint density at radius 3 is 1.32 bits per heavy atom. The summed E-state index contributed by atoms with van der Waals surface area (Å²) in [6, 6.07) is 15.2. The highest BCUT2D eigenvalue weighted by molar-refractivity contribution is 5.42. The second kappa shape index (κ2) is 11.8. The number of benzene rings is 2. The molecule has 0 aliphatic carbocycles. The molecule has 0 aromatic heterocycles. The van der Waals surface area contributed by atoms with Crippen LogP contribution in [0.2, 0.25) is 0 Å². The summed E-state index contributed by atoms with van der Waals surface area (Å²) in [5.74, 6) is 0.603. The van der Waals surface area contributed by atoms with Crippen LogP contribution in [0.15, 0.2) is 48.5 Å². The molecule has 2 heteroatoms. The van der Waals surface area contributed by atoms with Gasteiger partial charge in [0.05, 0.1) is 0 Å². The Labute approximate surface area is 171 Å². The van der Waals surface area contributed by atoms with Gasteiger partial charge in [0, 0.05) is 5.41 Å². The number of rotatable bonds is 13. The smallest absolute Gasteiger partial charge is 0.115 e. The van der Waals surface area contributed by atoms with Crippen LogP contribution >= 0.6 is 0 Å². The van der Waals surface area contributed by atoms with Crippen molar-refractivity contribution in [3.05, 3.63) is 59.7 Å². The van der Waals surface area contributed by atoms with Crippen molar-refractivity contribution in [2.45, 2.75) is 89.9 Å². The highest BCUT2D eigenvalue weighted by atomic mass is 16.3. The van der Waals surface area contributed by atoms with Crippen molar-refractivity contribution >= 4 is 0 Å². The van der Waals surface area contributed by atoms with Gasteiger partial charge >= 0.3 is 0 Å². The quantitative estimate of drug-likeness (QED) is 0.348. The monoisotopic (exact) mass is 382 g/mol. The van der Waals surface area contributed by atoms with Gasteiger partial charge in [-0.15, -0.1) is 0 Å². The zero-order valence-electron chi connectivity index (χ0n) is 17.8. The first-order valence-electron chi connectivity index (χ1n) is 11.2. The van der Waals surface area contributed by atoms with Crippen molar-refractivity contribution in [2.24, 2.45) is 0 Å². The van der Waals surface area contributed by atoms with Crippen molar-refractivity contribution in [3.8, 4) is 11.5 Å². The fourth-order valence-electron chi connectivity index (χ4n) is 4.08. The summed E-state index contributed by atoms with van der Waals surface area (Å²) in [5, 5.41) is 19.3. The first-order chi connectivity index (χ1) is 13.6. The molecule has 2 aromatic rings. The fourth-order valence-corrected chi connectivity index (χ4v) is 4.08. The van der Waals surface area contributed by atoms with Gasteiger partial charge in [0.2, 0.25) is 0 Å². The van der Waals surface area contributed by atoms with Gasteiger partial charge in [0.15, 0.2) is 0 Å². The number of hydrogen-bond acceptors (Lipinski definition) is 2. The predicted molar refractivity (Wildman–Crippen MR) is 119 cm³/mol. The summed E-state index contributed by atoms with van der Waals surface area (Å²) < 4.78 is 0. The summed E-state index contributed by atoms with van der Waals surface area (Å²) in [7, 11) is 0. The molecule has 28 heavy (non-hydrogen) atoms. The van der Waals surface area contributed by atoms with Crippen LogP contribution in [0.5, 0.6) is 11.5 Å². The molecule has 0 atom stereocenters. The molecule has 0 unspecified atom stereocenters.